The van der Waals surface area contributed by atoms with Crippen LogP contribution < -0.4 is 5.32 Å². The van der Waals surface area contributed by atoms with Crippen molar-refractivity contribution in [2.75, 3.05) is 19.6 Å². The second-order valence-electron chi connectivity index (χ2n) is 7.12. The molecule has 0 saturated carbocycles. The molecule has 0 radical (unpaired) electrons. The molecule has 0 bridgehead atoms. The molecule has 1 rings (SSSR count). The largest absolute Gasteiger partial charge is 0.342 e. The summed E-state index contributed by atoms with van der Waals surface area (Å²) in [4.78, 5) is 14.2. The number of hydrogen-bond donors (Lipinski definition) is 1. The van der Waals surface area contributed by atoms with Gasteiger partial charge in [0.1, 0.15) is 0 Å². The Bertz CT molecular complexity index is 275. The zero-order valence-corrected chi connectivity index (χ0v) is 13.5. The molecule has 0 aromatic heterocycles. The zero-order valence-electron chi connectivity index (χ0n) is 13.5. The number of likely N-dealkylation sites (tertiary alicyclic amines) is 1. The lowest BCUT2D eigenvalue weighted by Crippen LogP contribution is -2.48. The molecule has 1 atom stereocenters. The summed E-state index contributed by atoms with van der Waals surface area (Å²) in [5.41, 5.74) is -0.240. The smallest absolute Gasteiger partial charge is 0.227 e. The second kappa shape index (κ2) is 7.28. The van der Waals surface area contributed by atoms with Crippen LogP contribution in [0, 0.1) is 11.3 Å². The van der Waals surface area contributed by atoms with E-state index in [4.69, 9.17) is 0 Å². The molecule has 0 spiro atoms. The minimum absolute atomic E-state index is 0.240. The number of amides is 1. The molecule has 0 aliphatic carbocycles. The maximum atomic E-state index is 12.2. The van der Waals surface area contributed by atoms with Crippen LogP contribution in [0.3, 0.4) is 0 Å². The van der Waals surface area contributed by atoms with Crippen molar-refractivity contribution in [3.63, 3.8) is 0 Å². The summed E-state index contributed by atoms with van der Waals surface area (Å²) in [5.74, 6) is 1.06. The van der Waals surface area contributed by atoms with Gasteiger partial charge in [0.15, 0.2) is 0 Å². The summed E-state index contributed by atoms with van der Waals surface area (Å²) in [6.07, 6.45) is 4.76. The van der Waals surface area contributed by atoms with Crippen LogP contribution in [-0.4, -0.2) is 36.5 Å². The van der Waals surface area contributed by atoms with Crippen LogP contribution in [-0.2, 0) is 4.79 Å². The Morgan fingerprint density at radius 1 is 1.32 bits per heavy atom. The third-order valence-electron chi connectivity index (χ3n) is 3.96. The van der Waals surface area contributed by atoms with Gasteiger partial charge in [0.2, 0.25) is 5.91 Å². The van der Waals surface area contributed by atoms with Crippen LogP contribution in [0.15, 0.2) is 0 Å². The first kappa shape index (κ1) is 16.5. The molecule has 3 heteroatoms. The van der Waals surface area contributed by atoms with Crippen molar-refractivity contribution in [2.45, 2.75) is 66.3 Å². The fourth-order valence-corrected chi connectivity index (χ4v) is 2.72. The summed E-state index contributed by atoms with van der Waals surface area (Å²) in [6, 6.07) is 0.600. The van der Waals surface area contributed by atoms with Gasteiger partial charge >= 0.3 is 0 Å². The molecule has 1 aliphatic heterocycles. The van der Waals surface area contributed by atoms with Crippen LogP contribution in [0.5, 0.6) is 0 Å². The maximum absolute atomic E-state index is 12.2. The average molecular weight is 268 g/mol. The first-order valence-electron chi connectivity index (χ1n) is 7.87. The van der Waals surface area contributed by atoms with Gasteiger partial charge < -0.3 is 10.2 Å². The Hall–Kier alpha value is -0.570. The highest BCUT2D eigenvalue weighted by atomic mass is 16.2. The predicted octanol–water partition coefficient (Wildman–Crippen LogP) is 3.05. The van der Waals surface area contributed by atoms with Gasteiger partial charge in [-0.1, -0.05) is 41.0 Å². The zero-order chi connectivity index (χ0) is 14.5. The van der Waals surface area contributed by atoms with Crippen LogP contribution in [0.1, 0.15) is 60.3 Å². The van der Waals surface area contributed by atoms with E-state index in [0.717, 1.165) is 38.4 Å². The van der Waals surface area contributed by atoms with E-state index in [-0.39, 0.29) is 5.41 Å². The number of rotatable bonds is 5. The van der Waals surface area contributed by atoms with Crippen molar-refractivity contribution in [1.29, 1.82) is 0 Å². The van der Waals surface area contributed by atoms with E-state index in [2.05, 4.69) is 19.2 Å². The van der Waals surface area contributed by atoms with E-state index in [9.17, 15) is 4.79 Å². The van der Waals surface area contributed by atoms with Gasteiger partial charge in [-0.2, -0.15) is 0 Å². The standard InChI is InChI=1S/C16H32N2O/c1-6-7-13(2)12-17-14-8-10-18(11-9-14)15(19)16(3,4)5/h13-14,17H,6-12H2,1-5H3. The van der Waals surface area contributed by atoms with Crippen LogP contribution in [0.4, 0.5) is 0 Å². The highest BCUT2D eigenvalue weighted by Gasteiger charge is 2.30. The molecule has 1 aliphatic rings. The molecule has 1 N–H and O–H groups in total. The Morgan fingerprint density at radius 3 is 2.37 bits per heavy atom. The lowest BCUT2D eigenvalue weighted by atomic mass is 9.93. The Labute approximate surface area is 119 Å². The summed E-state index contributed by atoms with van der Waals surface area (Å²) in [7, 11) is 0. The van der Waals surface area contributed by atoms with Gasteiger partial charge in [-0.3, -0.25) is 4.79 Å². The number of nitrogens with one attached hydrogen (secondary N) is 1. The molecule has 1 saturated heterocycles. The number of hydrogen-bond acceptors (Lipinski definition) is 2. The van der Waals surface area contributed by atoms with Crippen molar-refractivity contribution < 1.29 is 4.79 Å². The Morgan fingerprint density at radius 2 is 1.89 bits per heavy atom. The molecule has 0 aromatic rings. The first-order chi connectivity index (χ1) is 8.84. The number of piperidine rings is 1. The fraction of sp³-hybridized carbons (Fsp3) is 0.938. The Kier molecular flexibility index (Phi) is 6.31. The van der Waals surface area contributed by atoms with Crippen molar-refractivity contribution in [2.24, 2.45) is 11.3 Å². The third-order valence-corrected chi connectivity index (χ3v) is 3.96. The van der Waals surface area contributed by atoms with Crippen LogP contribution in [0.2, 0.25) is 0 Å². The number of carbonyl (C=O) groups excluding carboxylic acids is 1. The van der Waals surface area contributed by atoms with Crippen molar-refractivity contribution >= 4 is 5.91 Å². The molecule has 3 nitrogen and oxygen atoms in total. The molecule has 0 aromatic carbocycles. The van der Waals surface area contributed by atoms with Crippen LogP contribution in [0.25, 0.3) is 0 Å². The van der Waals surface area contributed by atoms with E-state index in [0.29, 0.717) is 11.9 Å². The molecule has 1 heterocycles. The van der Waals surface area contributed by atoms with Gasteiger partial charge in [-0.15, -0.1) is 0 Å². The van der Waals surface area contributed by atoms with E-state index in [1.165, 1.54) is 12.8 Å². The van der Waals surface area contributed by atoms with E-state index in [1.54, 1.807) is 0 Å². The minimum Gasteiger partial charge on any atom is -0.342 e. The van der Waals surface area contributed by atoms with E-state index in [1.807, 2.05) is 25.7 Å². The number of carbonyl (C=O) groups is 1. The topological polar surface area (TPSA) is 32.3 Å². The number of nitrogens with zero attached hydrogens (tertiary/aromatic N) is 1. The highest BCUT2D eigenvalue weighted by molar-refractivity contribution is 5.81. The molecule has 1 unspecified atom stereocenters. The van der Waals surface area contributed by atoms with E-state index < -0.39 is 0 Å². The molecular weight excluding hydrogens is 236 g/mol. The average Bonchev–Trinajstić information content (AvgIpc) is 2.35. The summed E-state index contributed by atoms with van der Waals surface area (Å²) in [5, 5.41) is 3.67. The summed E-state index contributed by atoms with van der Waals surface area (Å²) < 4.78 is 0. The van der Waals surface area contributed by atoms with Crippen molar-refractivity contribution in [3.05, 3.63) is 0 Å². The van der Waals surface area contributed by atoms with Crippen molar-refractivity contribution in [1.82, 2.24) is 10.2 Å². The quantitative estimate of drug-likeness (QED) is 0.831. The monoisotopic (exact) mass is 268 g/mol. The minimum atomic E-state index is -0.240. The molecular formula is C16H32N2O. The van der Waals surface area contributed by atoms with Gasteiger partial charge in [0.25, 0.3) is 0 Å². The SMILES string of the molecule is CCCC(C)CNC1CCN(C(=O)C(C)(C)C)CC1. The normalized spacial score (nSPS) is 19.5. The second-order valence-corrected chi connectivity index (χ2v) is 7.12. The Balaban J connectivity index is 2.27. The van der Waals surface area contributed by atoms with Gasteiger partial charge in [0.05, 0.1) is 0 Å². The van der Waals surface area contributed by atoms with Gasteiger partial charge in [-0.25, -0.2) is 0 Å². The molecule has 1 amide bonds. The highest BCUT2D eigenvalue weighted by Crippen LogP contribution is 2.21. The van der Waals surface area contributed by atoms with Crippen LogP contribution >= 0.6 is 0 Å². The predicted molar refractivity (Wildman–Crippen MR) is 81.1 cm³/mol. The summed E-state index contributed by atoms with van der Waals surface area (Å²) >= 11 is 0. The lowest BCUT2D eigenvalue weighted by Gasteiger charge is -2.36. The van der Waals surface area contributed by atoms with E-state index >= 15 is 0 Å². The maximum Gasteiger partial charge on any atom is 0.227 e. The van der Waals surface area contributed by atoms with Gasteiger partial charge in [-0.05, 0) is 31.7 Å². The molecule has 112 valence electrons. The lowest BCUT2D eigenvalue weighted by molar-refractivity contribution is -0.140. The fourth-order valence-electron chi connectivity index (χ4n) is 2.72. The molecule has 19 heavy (non-hydrogen) atoms. The third kappa shape index (κ3) is 5.52. The summed E-state index contributed by atoms with van der Waals surface area (Å²) in [6.45, 7) is 13.5. The molecule has 1 fully saturated rings. The first-order valence-corrected chi connectivity index (χ1v) is 7.87. The van der Waals surface area contributed by atoms with Crippen molar-refractivity contribution in [3.8, 4) is 0 Å². The van der Waals surface area contributed by atoms with Gasteiger partial charge in [0, 0.05) is 24.5 Å².